The molecule has 1 saturated heterocycles. The van der Waals surface area contributed by atoms with E-state index in [0.717, 1.165) is 39.0 Å². The molecule has 0 aromatic heterocycles. The molecule has 0 atom stereocenters. The molecule has 0 amide bonds. The van der Waals surface area contributed by atoms with Crippen LogP contribution in [0.25, 0.3) is 0 Å². The largest absolute Gasteiger partial charge is 0.480 e. The fraction of sp³-hybridized carbons (Fsp3) is 0.875. The van der Waals surface area contributed by atoms with E-state index in [1.807, 2.05) is 0 Å². The molecule has 1 heterocycles. The van der Waals surface area contributed by atoms with E-state index in [4.69, 9.17) is 5.11 Å². The maximum Gasteiger partial charge on any atom is 0.324 e. The van der Waals surface area contributed by atoms with E-state index in [-0.39, 0.29) is 24.8 Å². The fourth-order valence-electron chi connectivity index (χ4n) is 1.88. The van der Waals surface area contributed by atoms with Gasteiger partial charge in [0.1, 0.15) is 5.54 Å². The lowest BCUT2D eigenvalue weighted by Gasteiger charge is -2.32. The number of aliphatic carboxylic acids is 1. The summed E-state index contributed by atoms with van der Waals surface area (Å²) in [4.78, 5) is 13.0. The Morgan fingerprint density at radius 2 is 1.71 bits per heavy atom. The molecule has 0 radical (unpaired) electrons. The number of carboxylic acid groups (broad SMARTS) is 1. The molecule has 1 aliphatic heterocycles. The minimum absolute atomic E-state index is 0. The van der Waals surface area contributed by atoms with Crippen LogP contribution in [0.3, 0.4) is 0 Å². The quantitative estimate of drug-likeness (QED) is 0.735. The average Bonchev–Trinajstić information content (AvgIpc) is 2.86. The van der Waals surface area contributed by atoms with Crippen LogP contribution in [0, 0.1) is 0 Å². The summed E-state index contributed by atoms with van der Waals surface area (Å²) in [7, 11) is 0. The number of hydrogen-bond acceptors (Lipinski definition) is 3. The second kappa shape index (κ2) is 5.16. The van der Waals surface area contributed by atoms with Gasteiger partial charge in [0.15, 0.2) is 0 Å². The lowest BCUT2D eigenvalue weighted by molar-refractivity contribution is -0.145. The van der Waals surface area contributed by atoms with Crippen LogP contribution >= 0.6 is 24.8 Å². The summed E-state index contributed by atoms with van der Waals surface area (Å²) in [6, 6.07) is 0. The lowest BCUT2D eigenvalue weighted by atomic mass is 10.2. The van der Waals surface area contributed by atoms with Gasteiger partial charge >= 0.3 is 5.97 Å². The third kappa shape index (κ3) is 2.31. The van der Waals surface area contributed by atoms with E-state index in [2.05, 4.69) is 10.2 Å². The standard InChI is InChI=1S/C8H14N2O2.2ClH/c11-7(12)8(1-2-8)10-5-3-9-4-6-10;;/h9H,1-6H2,(H,11,12);2*1H. The van der Waals surface area contributed by atoms with Crippen molar-refractivity contribution in [3.8, 4) is 0 Å². The number of halogens is 2. The van der Waals surface area contributed by atoms with Gasteiger partial charge in [0.2, 0.25) is 0 Å². The average molecular weight is 243 g/mol. The van der Waals surface area contributed by atoms with Gasteiger partial charge in [-0.2, -0.15) is 0 Å². The van der Waals surface area contributed by atoms with Gasteiger partial charge in [-0.15, -0.1) is 24.8 Å². The monoisotopic (exact) mass is 242 g/mol. The SMILES string of the molecule is Cl.Cl.O=C(O)C1(N2CCNCC2)CC1. The highest BCUT2D eigenvalue weighted by atomic mass is 35.5. The molecule has 2 fully saturated rings. The third-order valence-corrected chi connectivity index (χ3v) is 2.84. The van der Waals surface area contributed by atoms with Crippen LogP contribution in [0.2, 0.25) is 0 Å². The number of carbonyl (C=O) groups is 1. The molecule has 0 spiro atoms. The van der Waals surface area contributed by atoms with Gasteiger partial charge in [-0.1, -0.05) is 0 Å². The van der Waals surface area contributed by atoms with Crippen molar-refractivity contribution in [2.24, 2.45) is 0 Å². The second-order valence-electron chi connectivity index (χ2n) is 3.57. The topological polar surface area (TPSA) is 52.6 Å². The summed E-state index contributed by atoms with van der Waals surface area (Å²) in [6.07, 6.45) is 1.67. The Balaban J connectivity index is 0.000000845. The van der Waals surface area contributed by atoms with E-state index in [0.29, 0.717) is 0 Å². The minimum atomic E-state index is -0.635. The van der Waals surface area contributed by atoms with Crippen LogP contribution in [0.15, 0.2) is 0 Å². The summed E-state index contributed by atoms with van der Waals surface area (Å²) in [6.45, 7) is 3.61. The predicted molar refractivity (Wildman–Crippen MR) is 58.5 cm³/mol. The molecule has 0 aromatic carbocycles. The van der Waals surface area contributed by atoms with Crippen molar-refractivity contribution in [3.63, 3.8) is 0 Å². The number of rotatable bonds is 2. The zero-order valence-corrected chi connectivity index (χ0v) is 9.49. The molecule has 6 heteroatoms. The summed E-state index contributed by atoms with van der Waals surface area (Å²) < 4.78 is 0. The molecule has 2 aliphatic rings. The summed E-state index contributed by atoms with van der Waals surface area (Å²) in [5.41, 5.74) is -0.470. The minimum Gasteiger partial charge on any atom is -0.480 e. The Hall–Kier alpha value is -0.0300. The highest BCUT2D eigenvalue weighted by Gasteiger charge is 2.54. The van der Waals surface area contributed by atoms with Gasteiger partial charge in [-0.05, 0) is 12.8 Å². The molecule has 0 bridgehead atoms. The van der Waals surface area contributed by atoms with Crippen molar-refractivity contribution in [1.29, 1.82) is 0 Å². The Bertz CT molecular complexity index is 204. The van der Waals surface area contributed by atoms with Crippen LogP contribution < -0.4 is 5.32 Å². The first-order chi connectivity index (χ1) is 5.76. The van der Waals surface area contributed by atoms with Crippen LogP contribution in [-0.4, -0.2) is 47.7 Å². The predicted octanol–water partition coefficient (Wildman–Crippen LogP) is 0.352. The molecule has 0 aromatic rings. The molecular weight excluding hydrogens is 227 g/mol. The zero-order valence-electron chi connectivity index (χ0n) is 7.86. The van der Waals surface area contributed by atoms with Gasteiger partial charge in [0, 0.05) is 26.2 Å². The zero-order chi connectivity index (χ0) is 8.60. The second-order valence-corrected chi connectivity index (χ2v) is 3.57. The normalized spacial score (nSPS) is 24.3. The number of nitrogens with one attached hydrogen (secondary N) is 1. The summed E-state index contributed by atoms with van der Waals surface area (Å²) >= 11 is 0. The first-order valence-electron chi connectivity index (χ1n) is 4.45. The van der Waals surface area contributed by atoms with Crippen molar-refractivity contribution in [3.05, 3.63) is 0 Å². The first-order valence-corrected chi connectivity index (χ1v) is 4.45. The van der Waals surface area contributed by atoms with Gasteiger partial charge in [0.25, 0.3) is 0 Å². The van der Waals surface area contributed by atoms with Crippen molar-refractivity contribution in [2.45, 2.75) is 18.4 Å². The van der Waals surface area contributed by atoms with Gasteiger partial charge < -0.3 is 10.4 Å². The molecule has 14 heavy (non-hydrogen) atoms. The van der Waals surface area contributed by atoms with Gasteiger partial charge in [0.05, 0.1) is 0 Å². The van der Waals surface area contributed by atoms with Crippen LogP contribution in [0.5, 0.6) is 0 Å². The van der Waals surface area contributed by atoms with E-state index < -0.39 is 11.5 Å². The highest BCUT2D eigenvalue weighted by molar-refractivity contribution is 5.85. The Morgan fingerprint density at radius 3 is 2.07 bits per heavy atom. The number of carboxylic acids is 1. The van der Waals surface area contributed by atoms with E-state index in [9.17, 15) is 4.79 Å². The maximum absolute atomic E-state index is 10.9. The summed E-state index contributed by atoms with van der Waals surface area (Å²) in [5.74, 6) is -0.635. The van der Waals surface area contributed by atoms with Crippen LogP contribution in [0.1, 0.15) is 12.8 Å². The van der Waals surface area contributed by atoms with E-state index in [1.54, 1.807) is 0 Å². The number of piperazine rings is 1. The molecule has 84 valence electrons. The smallest absolute Gasteiger partial charge is 0.324 e. The van der Waals surface area contributed by atoms with Crippen molar-refractivity contribution in [2.75, 3.05) is 26.2 Å². The van der Waals surface area contributed by atoms with E-state index in [1.165, 1.54) is 0 Å². The Kier molecular flexibility index (Phi) is 5.15. The van der Waals surface area contributed by atoms with Crippen LogP contribution in [0.4, 0.5) is 0 Å². The van der Waals surface area contributed by atoms with Gasteiger partial charge in [-0.3, -0.25) is 9.69 Å². The van der Waals surface area contributed by atoms with Crippen molar-refractivity contribution >= 4 is 30.8 Å². The van der Waals surface area contributed by atoms with Crippen LogP contribution in [-0.2, 0) is 4.79 Å². The molecular formula is C8H16Cl2N2O2. The number of nitrogens with zero attached hydrogens (tertiary/aromatic N) is 1. The van der Waals surface area contributed by atoms with E-state index >= 15 is 0 Å². The molecule has 2 rings (SSSR count). The number of hydrogen-bond donors (Lipinski definition) is 2. The van der Waals surface area contributed by atoms with Gasteiger partial charge in [-0.25, -0.2) is 0 Å². The molecule has 1 aliphatic carbocycles. The van der Waals surface area contributed by atoms with Crippen molar-refractivity contribution in [1.82, 2.24) is 10.2 Å². The lowest BCUT2D eigenvalue weighted by Crippen LogP contribution is -2.52. The fourth-order valence-corrected chi connectivity index (χ4v) is 1.88. The Labute approximate surface area is 95.9 Å². The maximum atomic E-state index is 10.9. The molecule has 1 saturated carbocycles. The summed E-state index contributed by atoms with van der Waals surface area (Å²) in [5, 5.41) is 12.2. The molecule has 2 N–H and O–H groups in total. The third-order valence-electron chi connectivity index (χ3n) is 2.84. The molecule has 0 unspecified atom stereocenters. The molecule has 4 nitrogen and oxygen atoms in total. The first kappa shape index (κ1) is 14.0. The highest BCUT2D eigenvalue weighted by Crippen LogP contribution is 2.41. The Morgan fingerprint density at radius 1 is 1.21 bits per heavy atom. The van der Waals surface area contributed by atoms with Crippen molar-refractivity contribution < 1.29 is 9.90 Å².